The summed E-state index contributed by atoms with van der Waals surface area (Å²) < 4.78 is 18.6. The summed E-state index contributed by atoms with van der Waals surface area (Å²) in [5.41, 5.74) is 8.92. The molecule has 1 saturated heterocycles. The van der Waals surface area contributed by atoms with E-state index in [2.05, 4.69) is 31.2 Å². The number of carbonyl (C=O) groups excluding carboxylic acids is 9. The molecule has 0 aliphatic carbocycles. The number of fused-ring (bicyclic) bond motifs is 4. The Bertz CT molecular complexity index is 3310. The van der Waals surface area contributed by atoms with Gasteiger partial charge in [0.05, 0.1) is 12.2 Å². The van der Waals surface area contributed by atoms with Gasteiger partial charge in [-0.1, -0.05) is 31.9 Å². The van der Waals surface area contributed by atoms with Crippen LogP contribution in [0.25, 0.3) is 21.0 Å². The van der Waals surface area contributed by atoms with Crippen molar-refractivity contribution in [3.63, 3.8) is 0 Å². The van der Waals surface area contributed by atoms with Gasteiger partial charge in [-0.15, -0.1) is 22.9 Å². The molecule has 3 aliphatic heterocycles. The molecule has 7 N–H and O–H groups in total. The van der Waals surface area contributed by atoms with Gasteiger partial charge in [0.2, 0.25) is 17.7 Å². The third-order valence-electron chi connectivity index (χ3n) is 15.5. The van der Waals surface area contributed by atoms with Crippen LogP contribution in [0.5, 0.6) is 11.5 Å². The van der Waals surface area contributed by atoms with Crippen molar-refractivity contribution in [2.75, 3.05) is 95.7 Å². The number of likely N-dealkylation sites (tertiary alicyclic amines) is 1. The van der Waals surface area contributed by atoms with Crippen LogP contribution in [0.2, 0.25) is 0 Å². The molecule has 5 heterocycles. The summed E-state index contributed by atoms with van der Waals surface area (Å²) in [7, 11) is 3.10. The van der Waals surface area contributed by atoms with E-state index in [9.17, 15) is 43.2 Å². The molecule has 3 aromatic carbocycles. The Kier molecular flexibility index (Phi) is 22.4. The maximum atomic E-state index is 14.4. The monoisotopic (exact) mass is 1220 g/mol. The van der Waals surface area contributed by atoms with Crippen molar-refractivity contribution in [2.45, 2.75) is 90.2 Å². The van der Waals surface area contributed by atoms with Gasteiger partial charge in [0.1, 0.15) is 36.4 Å². The predicted molar refractivity (Wildman–Crippen MR) is 328 cm³/mol. The van der Waals surface area contributed by atoms with Crippen LogP contribution in [0.3, 0.4) is 0 Å². The van der Waals surface area contributed by atoms with Crippen LogP contribution in [0, 0.1) is 12.8 Å². The van der Waals surface area contributed by atoms with Crippen molar-refractivity contribution in [1.29, 1.82) is 0 Å². The number of benzene rings is 3. The lowest BCUT2D eigenvalue weighted by Crippen LogP contribution is -2.48. The number of hydrogen-bond donors (Lipinski definition) is 6. The van der Waals surface area contributed by atoms with Gasteiger partial charge in [-0.05, 0) is 113 Å². The highest BCUT2D eigenvalue weighted by atomic mass is 35.5. The number of urea groups is 1. The Morgan fingerprint density at radius 1 is 0.849 bits per heavy atom. The highest BCUT2D eigenvalue weighted by molar-refractivity contribution is 7.19. The van der Waals surface area contributed by atoms with E-state index >= 15 is 0 Å². The second-order valence-corrected chi connectivity index (χ2v) is 23.4. The van der Waals surface area contributed by atoms with E-state index in [1.165, 1.54) is 41.8 Å². The van der Waals surface area contributed by atoms with Crippen LogP contribution in [0.4, 0.5) is 25.8 Å². The fourth-order valence-electron chi connectivity index (χ4n) is 10.7. The van der Waals surface area contributed by atoms with Crippen molar-refractivity contribution < 1.29 is 57.4 Å². The number of amides is 10. The Morgan fingerprint density at radius 2 is 1.58 bits per heavy atom. The van der Waals surface area contributed by atoms with Gasteiger partial charge in [0.25, 0.3) is 17.7 Å². The van der Waals surface area contributed by atoms with Gasteiger partial charge in [-0.2, -0.15) is 0 Å². The lowest BCUT2D eigenvalue weighted by Gasteiger charge is -2.22. The summed E-state index contributed by atoms with van der Waals surface area (Å²) in [6.45, 7) is 7.96. The van der Waals surface area contributed by atoms with Crippen LogP contribution in [-0.4, -0.2) is 170 Å². The smallest absolute Gasteiger partial charge is 0.415 e. The first-order valence-corrected chi connectivity index (χ1v) is 30.5. The predicted octanol–water partition coefficient (Wildman–Crippen LogP) is 7.35. The first-order valence-electron chi connectivity index (χ1n) is 29.2. The van der Waals surface area contributed by atoms with Gasteiger partial charge in [-0.3, -0.25) is 38.6 Å². The molecule has 1 fully saturated rings. The number of aromatic amines is 1. The summed E-state index contributed by atoms with van der Waals surface area (Å²) in [5.74, 6) is -1.73. The lowest BCUT2D eigenvalue weighted by atomic mass is 9.96. The molecule has 3 unspecified atom stereocenters. The number of aromatic nitrogens is 1. The molecule has 3 atom stereocenters. The van der Waals surface area contributed by atoms with E-state index in [-0.39, 0.29) is 86.8 Å². The molecule has 23 nitrogen and oxygen atoms in total. The van der Waals surface area contributed by atoms with E-state index < -0.39 is 48.5 Å². The number of nitrogens with one attached hydrogen (secondary N) is 5. The van der Waals surface area contributed by atoms with Gasteiger partial charge >= 0.3 is 18.2 Å². The quantitative estimate of drug-likeness (QED) is 0.0155. The number of unbranched alkanes of at least 4 members (excludes halogenated alkanes) is 1. The van der Waals surface area contributed by atoms with Crippen LogP contribution in [0.15, 0.2) is 72.8 Å². The molecule has 460 valence electrons. The van der Waals surface area contributed by atoms with E-state index in [4.69, 9.17) is 31.5 Å². The highest BCUT2D eigenvalue weighted by Gasteiger charge is 2.37. The summed E-state index contributed by atoms with van der Waals surface area (Å²) in [6, 6.07) is 16.0. The average Bonchev–Trinajstić information content (AvgIpc) is 2.07. The molecule has 3 aliphatic rings. The van der Waals surface area contributed by atoms with E-state index in [0.29, 0.717) is 61.5 Å². The Hall–Kier alpha value is -8.22. The van der Waals surface area contributed by atoms with Gasteiger partial charge in [0.15, 0.2) is 0 Å². The van der Waals surface area contributed by atoms with Gasteiger partial charge in [-0.25, -0.2) is 14.4 Å². The lowest BCUT2D eigenvalue weighted by molar-refractivity contribution is -0.137. The number of anilines is 2. The molecule has 0 bridgehead atoms. The first-order chi connectivity index (χ1) is 41.4. The number of alkyl halides is 1. The molecule has 0 spiro atoms. The van der Waals surface area contributed by atoms with E-state index in [1.807, 2.05) is 44.2 Å². The summed E-state index contributed by atoms with van der Waals surface area (Å²) >= 11 is 8.14. The normalized spacial score (nSPS) is 15.4. The number of primary amides is 1. The number of imide groups is 1. The number of likely N-dealkylation sites (N-methyl/N-ethyl adjacent to an activating group) is 2. The largest absolute Gasteiger partial charge is 0.492 e. The summed E-state index contributed by atoms with van der Waals surface area (Å²) in [4.78, 5) is 128. The van der Waals surface area contributed by atoms with E-state index in [1.54, 1.807) is 53.6 Å². The SMILES string of the molecule is CCCC(CCCCN1C(=O)C=CC1=O)C(=O)NCC(=O)NC(CCCNC(N)=O)C(=O)Nc1ccc(COC(=O)N(C)CCN(C)C(=O)Oc2cc3c(c4sc(C)cc24)C(CCl)CN3C(=O)c2cc3cc(OCCN4CCCC4)ccc3[nH]2)cc1. The molecular weight excluding hydrogens is 1150 g/mol. The minimum Gasteiger partial charge on any atom is -0.492 e. The molecule has 5 aromatic rings. The second-order valence-electron chi connectivity index (χ2n) is 21.9. The van der Waals surface area contributed by atoms with Crippen molar-refractivity contribution >= 4 is 109 Å². The molecule has 2 aromatic heterocycles. The van der Waals surface area contributed by atoms with Crippen LogP contribution in [0.1, 0.15) is 97.1 Å². The third kappa shape index (κ3) is 16.8. The van der Waals surface area contributed by atoms with Crippen molar-refractivity contribution in [1.82, 2.24) is 40.5 Å². The maximum Gasteiger partial charge on any atom is 0.415 e. The third-order valence-corrected chi connectivity index (χ3v) is 16.9. The number of H-pyrrole nitrogens is 1. The van der Waals surface area contributed by atoms with Crippen LogP contribution < -0.4 is 41.4 Å². The number of carbonyl (C=O) groups is 9. The number of nitrogens with zero attached hydrogens (tertiary/aromatic N) is 5. The number of hydrogen-bond acceptors (Lipinski definition) is 14. The zero-order valence-corrected chi connectivity index (χ0v) is 50.6. The first kappa shape index (κ1) is 63.8. The Morgan fingerprint density at radius 3 is 2.29 bits per heavy atom. The van der Waals surface area contributed by atoms with Crippen molar-refractivity contribution in [3.05, 3.63) is 94.5 Å². The summed E-state index contributed by atoms with van der Waals surface area (Å²) in [6.07, 6.45) is 6.86. The molecule has 25 heteroatoms. The fourth-order valence-corrected chi connectivity index (χ4v) is 12.1. The number of rotatable bonds is 29. The highest BCUT2D eigenvalue weighted by Crippen LogP contribution is 2.49. The molecule has 8 rings (SSSR count). The molecular formula is C61H76ClN11O12S. The minimum absolute atomic E-state index is 0.0892. The summed E-state index contributed by atoms with van der Waals surface area (Å²) in [5, 5.41) is 12.2. The minimum atomic E-state index is -1.06. The topological polar surface area (TPSA) is 287 Å². The fraction of sp³-hybridized carbons (Fsp3) is 0.459. The number of thiophene rings is 1. The van der Waals surface area contributed by atoms with Crippen LogP contribution >= 0.6 is 22.9 Å². The molecule has 10 amide bonds. The molecule has 86 heavy (non-hydrogen) atoms. The standard InChI is InChI=1S/C61H76ClN11O12S/c1-5-11-40(12-6-7-25-72-52(75)20-21-53(72)76)56(77)65-35-51(74)68-47(13-10-22-64-59(63)80)57(78)66-43-16-14-39(15-17-43)37-84-60(81)69(3)26-27-70(4)61(82)85-50-33-49-54(55-45(50)30-38(2)86-55)42(34-62)36-73(49)58(79)48-32-41-31-44(18-19-46(41)67-48)83-29-28-71-23-8-9-24-71/h14-21,30-33,40,42,47,67H,5-13,22-29,34-37H2,1-4H3,(H,65,77)(H,66,78)(H,68,74)(H3,63,64,80). The Labute approximate surface area is 508 Å². The number of aryl methyl sites for hydroxylation is 1. The number of halogens is 1. The average molecular weight is 1220 g/mol. The second kappa shape index (κ2) is 30.2. The number of ether oxygens (including phenoxy) is 3. The maximum absolute atomic E-state index is 14.4. The van der Waals surface area contributed by atoms with E-state index in [0.717, 1.165) is 68.1 Å². The van der Waals surface area contributed by atoms with Crippen LogP contribution in [-0.2, 0) is 35.3 Å². The molecule has 0 saturated carbocycles. The zero-order chi connectivity index (χ0) is 61.4. The zero-order valence-electron chi connectivity index (χ0n) is 49.0. The molecule has 0 radical (unpaired) electrons. The van der Waals surface area contributed by atoms with Gasteiger partial charge < -0.3 is 60.9 Å². The van der Waals surface area contributed by atoms with Gasteiger partial charge in [0, 0.05) is 126 Å². The number of nitrogens with two attached hydrogens (primary N) is 1. The Balaban J connectivity index is 0.802. The van der Waals surface area contributed by atoms with Crippen molar-refractivity contribution in [3.8, 4) is 11.5 Å². The van der Waals surface area contributed by atoms with Crippen molar-refractivity contribution in [2.24, 2.45) is 11.7 Å².